The predicted octanol–water partition coefficient (Wildman–Crippen LogP) is 2.01. The fourth-order valence-electron chi connectivity index (χ4n) is 3.73. The molecule has 1 aliphatic rings. The number of aromatic nitrogens is 1. The number of benzene rings is 1. The number of aliphatic hydroxyl groups is 1. The molecule has 1 aliphatic carbocycles. The quantitative estimate of drug-likeness (QED) is 0.799. The third-order valence-corrected chi connectivity index (χ3v) is 5.22. The number of likely N-dealkylation sites (N-methyl/N-ethyl adjacent to an activating group) is 1. The van der Waals surface area contributed by atoms with E-state index in [0.29, 0.717) is 6.54 Å². The van der Waals surface area contributed by atoms with Gasteiger partial charge in [-0.3, -0.25) is 14.7 Å². The first-order valence-corrected chi connectivity index (χ1v) is 9.24. The molecule has 1 fully saturated rings. The molecule has 0 unspecified atom stereocenters. The van der Waals surface area contributed by atoms with Gasteiger partial charge in [0.05, 0.1) is 12.0 Å². The monoisotopic (exact) mass is 353 g/mol. The summed E-state index contributed by atoms with van der Waals surface area (Å²) in [5.74, 6) is -0.363. The van der Waals surface area contributed by atoms with Crippen LogP contribution in [0.4, 0.5) is 0 Å². The van der Waals surface area contributed by atoms with Gasteiger partial charge in [0.2, 0.25) is 5.91 Å². The second kappa shape index (κ2) is 8.92. The summed E-state index contributed by atoms with van der Waals surface area (Å²) >= 11 is 0. The van der Waals surface area contributed by atoms with Crippen LogP contribution < -0.4 is 5.32 Å². The first-order valence-electron chi connectivity index (χ1n) is 9.24. The maximum Gasteiger partial charge on any atom is 0.225 e. The molecule has 2 aromatic rings. The summed E-state index contributed by atoms with van der Waals surface area (Å²) in [6.45, 7) is 1.36. The predicted molar refractivity (Wildman–Crippen MR) is 101 cm³/mol. The summed E-state index contributed by atoms with van der Waals surface area (Å²) in [6, 6.07) is 14.1. The fourth-order valence-corrected chi connectivity index (χ4v) is 3.73. The van der Waals surface area contributed by atoms with Crippen molar-refractivity contribution in [1.82, 2.24) is 15.2 Å². The molecule has 0 radical (unpaired) electrons. The van der Waals surface area contributed by atoms with Gasteiger partial charge in [-0.1, -0.05) is 30.3 Å². The van der Waals surface area contributed by atoms with Gasteiger partial charge in [0, 0.05) is 31.5 Å². The molecule has 0 spiro atoms. The Balaban J connectivity index is 1.48. The first kappa shape index (κ1) is 18.5. The molecule has 3 atom stereocenters. The number of carbonyl (C=O) groups is 1. The van der Waals surface area contributed by atoms with Gasteiger partial charge in [-0.15, -0.1) is 0 Å². The maximum absolute atomic E-state index is 12.5. The Morgan fingerprint density at radius 3 is 2.62 bits per heavy atom. The SMILES string of the molecule is CN(Cc1ccccc1)[C@@H]1CC[C@@H](C(=O)NCCc2ccncc2)[C@@H]1O. The summed E-state index contributed by atoms with van der Waals surface area (Å²) in [4.78, 5) is 18.6. The Morgan fingerprint density at radius 2 is 1.88 bits per heavy atom. The fraction of sp³-hybridized carbons (Fsp3) is 0.429. The lowest BCUT2D eigenvalue weighted by atomic mass is 10.0. The number of rotatable bonds is 7. The van der Waals surface area contributed by atoms with E-state index < -0.39 is 6.10 Å². The minimum Gasteiger partial charge on any atom is -0.391 e. The van der Waals surface area contributed by atoms with E-state index in [0.717, 1.165) is 31.4 Å². The Kier molecular flexibility index (Phi) is 6.36. The van der Waals surface area contributed by atoms with E-state index in [2.05, 4.69) is 27.3 Å². The van der Waals surface area contributed by atoms with Crippen LogP contribution in [0, 0.1) is 5.92 Å². The van der Waals surface area contributed by atoms with Crippen LogP contribution in [0.25, 0.3) is 0 Å². The number of amides is 1. The van der Waals surface area contributed by atoms with Crippen molar-refractivity contribution in [3.05, 3.63) is 66.0 Å². The number of hydrogen-bond donors (Lipinski definition) is 2. The van der Waals surface area contributed by atoms with Crippen molar-refractivity contribution in [2.75, 3.05) is 13.6 Å². The number of nitrogens with one attached hydrogen (secondary N) is 1. The van der Waals surface area contributed by atoms with E-state index in [-0.39, 0.29) is 17.9 Å². The Hall–Kier alpha value is -2.24. The first-order chi connectivity index (χ1) is 12.6. The third-order valence-electron chi connectivity index (χ3n) is 5.22. The zero-order valence-corrected chi connectivity index (χ0v) is 15.2. The molecular weight excluding hydrogens is 326 g/mol. The van der Waals surface area contributed by atoms with Gasteiger partial charge < -0.3 is 10.4 Å². The zero-order chi connectivity index (χ0) is 18.4. The number of nitrogens with zero attached hydrogens (tertiary/aromatic N) is 2. The van der Waals surface area contributed by atoms with E-state index >= 15 is 0 Å². The smallest absolute Gasteiger partial charge is 0.225 e. The van der Waals surface area contributed by atoms with E-state index in [9.17, 15) is 9.90 Å². The molecule has 0 saturated heterocycles. The van der Waals surface area contributed by atoms with Gasteiger partial charge in [-0.2, -0.15) is 0 Å². The minimum atomic E-state index is -0.621. The van der Waals surface area contributed by atoms with E-state index in [1.54, 1.807) is 12.4 Å². The number of aliphatic hydroxyl groups excluding tert-OH is 1. The highest BCUT2D eigenvalue weighted by Gasteiger charge is 2.40. The van der Waals surface area contributed by atoms with E-state index in [1.807, 2.05) is 37.4 Å². The van der Waals surface area contributed by atoms with Crippen LogP contribution in [0.5, 0.6) is 0 Å². The van der Waals surface area contributed by atoms with E-state index in [1.165, 1.54) is 5.56 Å². The van der Waals surface area contributed by atoms with Crippen LogP contribution in [0.2, 0.25) is 0 Å². The van der Waals surface area contributed by atoms with Crippen LogP contribution in [-0.2, 0) is 17.8 Å². The summed E-state index contributed by atoms with van der Waals surface area (Å²) in [5, 5.41) is 13.6. The molecule has 2 N–H and O–H groups in total. The molecular formula is C21H27N3O2. The molecule has 5 nitrogen and oxygen atoms in total. The largest absolute Gasteiger partial charge is 0.391 e. The number of hydrogen-bond acceptors (Lipinski definition) is 4. The number of pyridine rings is 1. The van der Waals surface area contributed by atoms with E-state index in [4.69, 9.17) is 0 Å². The number of carbonyl (C=O) groups excluding carboxylic acids is 1. The Morgan fingerprint density at radius 1 is 1.15 bits per heavy atom. The standard InChI is InChI=1S/C21H27N3O2/c1-24(15-17-5-3-2-4-6-17)19-8-7-18(20(19)25)21(26)23-14-11-16-9-12-22-13-10-16/h2-6,9-10,12-13,18-20,25H,7-8,11,14-15H2,1H3,(H,23,26)/t18-,19-,20+/m1/s1. The van der Waals surface area contributed by atoms with Crippen molar-refractivity contribution in [1.29, 1.82) is 0 Å². The van der Waals surface area contributed by atoms with Crippen molar-refractivity contribution in [3.63, 3.8) is 0 Å². The maximum atomic E-state index is 12.5. The van der Waals surface area contributed by atoms with Gasteiger partial charge in [0.1, 0.15) is 0 Å². The lowest BCUT2D eigenvalue weighted by Gasteiger charge is -2.28. The second-order valence-corrected chi connectivity index (χ2v) is 7.04. The molecule has 1 amide bonds. The highest BCUT2D eigenvalue weighted by atomic mass is 16.3. The molecule has 5 heteroatoms. The van der Waals surface area contributed by atoms with Gasteiger partial charge in [-0.05, 0) is 49.6 Å². The molecule has 0 aliphatic heterocycles. The van der Waals surface area contributed by atoms with Crippen LogP contribution in [-0.4, -0.2) is 46.6 Å². The van der Waals surface area contributed by atoms with Crippen molar-refractivity contribution in [3.8, 4) is 0 Å². The second-order valence-electron chi connectivity index (χ2n) is 7.04. The van der Waals surface area contributed by atoms with Crippen molar-refractivity contribution in [2.45, 2.75) is 38.0 Å². The van der Waals surface area contributed by atoms with Crippen LogP contribution in [0.3, 0.4) is 0 Å². The molecule has 138 valence electrons. The van der Waals surface area contributed by atoms with Gasteiger partial charge in [0.25, 0.3) is 0 Å². The summed E-state index contributed by atoms with van der Waals surface area (Å²) < 4.78 is 0. The minimum absolute atomic E-state index is 0.0196. The third kappa shape index (κ3) is 4.68. The molecule has 3 rings (SSSR count). The Bertz CT molecular complexity index is 693. The van der Waals surface area contributed by atoms with Crippen molar-refractivity contribution >= 4 is 5.91 Å². The average Bonchev–Trinajstić information content (AvgIpc) is 3.05. The van der Waals surface area contributed by atoms with Crippen molar-refractivity contribution < 1.29 is 9.90 Å². The highest BCUT2D eigenvalue weighted by Crippen LogP contribution is 2.30. The summed E-state index contributed by atoms with van der Waals surface area (Å²) in [7, 11) is 2.02. The highest BCUT2D eigenvalue weighted by molar-refractivity contribution is 5.79. The Labute approximate surface area is 155 Å². The van der Waals surface area contributed by atoms with Crippen LogP contribution in [0.1, 0.15) is 24.0 Å². The molecule has 1 saturated carbocycles. The molecule has 26 heavy (non-hydrogen) atoms. The van der Waals surface area contributed by atoms with Crippen LogP contribution >= 0.6 is 0 Å². The van der Waals surface area contributed by atoms with Gasteiger partial charge in [-0.25, -0.2) is 0 Å². The lowest BCUT2D eigenvalue weighted by Crippen LogP contribution is -2.43. The molecule has 1 aromatic carbocycles. The summed E-state index contributed by atoms with van der Waals surface area (Å²) in [5.41, 5.74) is 2.36. The topological polar surface area (TPSA) is 65.5 Å². The van der Waals surface area contributed by atoms with Gasteiger partial charge >= 0.3 is 0 Å². The zero-order valence-electron chi connectivity index (χ0n) is 15.2. The lowest BCUT2D eigenvalue weighted by molar-refractivity contribution is -0.128. The average molecular weight is 353 g/mol. The van der Waals surface area contributed by atoms with Crippen molar-refractivity contribution in [2.24, 2.45) is 5.92 Å². The van der Waals surface area contributed by atoms with Crippen LogP contribution in [0.15, 0.2) is 54.9 Å². The summed E-state index contributed by atoms with van der Waals surface area (Å²) in [6.07, 6.45) is 5.23. The molecule has 1 heterocycles. The molecule has 1 aromatic heterocycles. The normalized spacial score (nSPS) is 22.5. The van der Waals surface area contributed by atoms with Gasteiger partial charge in [0.15, 0.2) is 0 Å². The molecule has 0 bridgehead atoms.